The molecule has 1 N–H and O–H groups in total. The lowest BCUT2D eigenvalue weighted by Gasteiger charge is -2.27. The fraction of sp³-hybridized carbons (Fsp3) is 0.769. The Bertz CT molecular complexity index is 558. The van der Waals surface area contributed by atoms with Crippen molar-refractivity contribution in [3.05, 3.63) is 17.0 Å². The smallest absolute Gasteiger partial charge is 0.214 e. The number of hydrogen-bond acceptors (Lipinski definition) is 3. The fourth-order valence-electron chi connectivity index (χ4n) is 3.22. The average Bonchev–Trinajstić information content (AvgIpc) is 2.99. The van der Waals surface area contributed by atoms with E-state index in [1.165, 1.54) is 12.8 Å². The molecule has 106 valence electrons. The molecule has 0 atom stereocenters. The van der Waals surface area contributed by atoms with Crippen LogP contribution in [0.1, 0.15) is 42.6 Å². The first kappa shape index (κ1) is 13.1. The Kier molecular flexibility index (Phi) is 3.39. The van der Waals surface area contributed by atoms with Gasteiger partial charge in [0, 0.05) is 30.8 Å². The second kappa shape index (κ2) is 4.90. The third kappa shape index (κ3) is 2.56. The number of H-pyrrole nitrogens is 1. The predicted molar refractivity (Wildman–Crippen MR) is 73.2 cm³/mol. The van der Waals surface area contributed by atoms with Crippen LogP contribution in [0.25, 0.3) is 0 Å². The van der Waals surface area contributed by atoms with Crippen LogP contribution < -0.4 is 0 Å². The van der Waals surface area contributed by atoms with Crippen LogP contribution in [0, 0.1) is 12.8 Å². The Labute approximate surface area is 114 Å². The number of nitrogens with one attached hydrogen (secondary N) is 1. The fourth-order valence-corrected chi connectivity index (χ4v) is 5.06. The summed E-state index contributed by atoms with van der Waals surface area (Å²) in [5.41, 5.74) is 3.10. The third-order valence-electron chi connectivity index (χ3n) is 4.41. The van der Waals surface area contributed by atoms with Crippen LogP contribution in [0.4, 0.5) is 0 Å². The summed E-state index contributed by atoms with van der Waals surface area (Å²) in [5.74, 6) is 0.705. The summed E-state index contributed by atoms with van der Waals surface area (Å²) in [4.78, 5) is 0. The number of aryl methyl sites for hydroxylation is 1. The van der Waals surface area contributed by atoms with Crippen molar-refractivity contribution in [2.75, 3.05) is 12.3 Å². The Balaban J connectivity index is 1.74. The van der Waals surface area contributed by atoms with Gasteiger partial charge in [-0.05, 0) is 25.7 Å². The van der Waals surface area contributed by atoms with E-state index in [1.807, 2.05) is 6.92 Å². The van der Waals surface area contributed by atoms with Gasteiger partial charge >= 0.3 is 0 Å². The first-order valence-corrected chi connectivity index (χ1v) is 8.68. The van der Waals surface area contributed by atoms with Crippen molar-refractivity contribution in [1.29, 1.82) is 0 Å². The number of hydrogen-bond donors (Lipinski definition) is 1. The number of rotatable bonds is 3. The maximum atomic E-state index is 12.5. The molecule has 2 heterocycles. The lowest BCUT2D eigenvalue weighted by atomic mass is 10.1. The van der Waals surface area contributed by atoms with Crippen molar-refractivity contribution in [2.45, 2.75) is 45.6 Å². The van der Waals surface area contributed by atoms with Gasteiger partial charge in [0.05, 0.1) is 11.4 Å². The molecule has 0 amide bonds. The Morgan fingerprint density at radius 1 is 1.37 bits per heavy atom. The van der Waals surface area contributed by atoms with Crippen molar-refractivity contribution < 1.29 is 8.42 Å². The van der Waals surface area contributed by atoms with Crippen molar-refractivity contribution in [3.63, 3.8) is 0 Å². The van der Waals surface area contributed by atoms with Crippen molar-refractivity contribution >= 4 is 10.0 Å². The van der Waals surface area contributed by atoms with E-state index in [1.54, 1.807) is 4.31 Å². The zero-order valence-corrected chi connectivity index (χ0v) is 12.2. The minimum Gasteiger partial charge on any atom is -0.282 e. The normalized spacial score (nSPS) is 21.7. The van der Waals surface area contributed by atoms with E-state index < -0.39 is 10.0 Å². The molecular weight excluding hydrogens is 262 g/mol. The van der Waals surface area contributed by atoms with Crippen LogP contribution in [0.3, 0.4) is 0 Å². The minimum atomic E-state index is -3.11. The van der Waals surface area contributed by atoms with Gasteiger partial charge in [0.1, 0.15) is 0 Å². The SMILES string of the molecule is Cc1[nH]nc2c1CN(S(=O)(=O)CC1CCCC1)CC2. The van der Waals surface area contributed by atoms with E-state index in [0.29, 0.717) is 24.8 Å². The van der Waals surface area contributed by atoms with Gasteiger partial charge < -0.3 is 0 Å². The largest absolute Gasteiger partial charge is 0.282 e. The molecule has 1 fully saturated rings. The van der Waals surface area contributed by atoms with Gasteiger partial charge in [0.15, 0.2) is 0 Å². The van der Waals surface area contributed by atoms with Crippen molar-refractivity contribution in [3.8, 4) is 0 Å². The summed E-state index contributed by atoms with van der Waals surface area (Å²) in [7, 11) is -3.11. The quantitative estimate of drug-likeness (QED) is 0.916. The molecule has 3 rings (SSSR count). The average molecular weight is 283 g/mol. The standard InChI is InChI=1S/C13H21N3O2S/c1-10-12-8-16(7-6-13(12)15-14-10)19(17,18)9-11-4-2-3-5-11/h11H,2-9H2,1H3,(H,14,15). The van der Waals surface area contributed by atoms with Crippen molar-refractivity contribution in [1.82, 2.24) is 14.5 Å². The Morgan fingerprint density at radius 2 is 2.11 bits per heavy atom. The molecule has 19 heavy (non-hydrogen) atoms. The molecule has 2 aliphatic rings. The van der Waals surface area contributed by atoms with Gasteiger partial charge in [-0.1, -0.05) is 12.8 Å². The molecule has 0 aromatic carbocycles. The van der Waals surface area contributed by atoms with Gasteiger partial charge in [-0.15, -0.1) is 0 Å². The van der Waals surface area contributed by atoms with E-state index in [-0.39, 0.29) is 0 Å². The molecule has 1 aliphatic heterocycles. The molecule has 0 radical (unpaired) electrons. The number of nitrogens with zero attached hydrogens (tertiary/aromatic N) is 2. The second-order valence-electron chi connectivity index (χ2n) is 5.79. The van der Waals surface area contributed by atoms with Gasteiger partial charge in [-0.2, -0.15) is 9.40 Å². The summed E-state index contributed by atoms with van der Waals surface area (Å²) >= 11 is 0. The second-order valence-corrected chi connectivity index (χ2v) is 7.80. The molecule has 6 heteroatoms. The van der Waals surface area contributed by atoms with E-state index in [0.717, 1.165) is 36.2 Å². The van der Waals surface area contributed by atoms with Gasteiger partial charge in [0.25, 0.3) is 0 Å². The number of aromatic nitrogens is 2. The van der Waals surface area contributed by atoms with Gasteiger partial charge in [-0.25, -0.2) is 8.42 Å². The maximum absolute atomic E-state index is 12.5. The zero-order chi connectivity index (χ0) is 13.5. The first-order chi connectivity index (χ1) is 9.06. The van der Waals surface area contributed by atoms with Crippen LogP contribution in [0.2, 0.25) is 0 Å². The number of aromatic amines is 1. The zero-order valence-electron chi connectivity index (χ0n) is 11.4. The number of sulfonamides is 1. The Morgan fingerprint density at radius 3 is 2.84 bits per heavy atom. The monoisotopic (exact) mass is 283 g/mol. The molecule has 0 bridgehead atoms. The highest BCUT2D eigenvalue weighted by molar-refractivity contribution is 7.89. The van der Waals surface area contributed by atoms with Crippen molar-refractivity contribution in [2.24, 2.45) is 5.92 Å². The van der Waals surface area contributed by atoms with Crippen LogP contribution in [-0.2, 0) is 23.0 Å². The molecule has 5 nitrogen and oxygen atoms in total. The first-order valence-electron chi connectivity index (χ1n) is 7.07. The van der Waals surface area contributed by atoms with Gasteiger partial charge in [-0.3, -0.25) is 5.10 Å². The summed E-state index contributed by atoms with van der Waals surface area (Å²) in [6, 6.07) is 0. The van der Waals surface area contributed by atoms with Crippen LogP contribution in [0.15, 0.2) is 0 Å². The lowest BCUT2D eigenvalue weighted by Crippen LogP contribution is -2.38. The molecule has 0 unspecified atom stereocenters. The highest BCUT2D eigenvalue weighted by Gasteiger charge is 2.31. The molecule has 1 aromatic rings. The molecular formula is C13H21N3O2S. The lowest BCUT2D eigenvalue weighted by molar-refractivity contribution is 0.383. The minimum absolute atomic E-state index is 0.333. The number of fused-ring (bicyclic) bond motifs is 1. The highest BCUT2D eigenvalue weighted by atomic mass is 32.2. The maximum Gasteiger partial charge on any atom is 0.214 e. The van der Waals surface area contributed by atoms with Crippen LogP contribution >= 0.6 is 0 Å². The van der Waals surface area contributed by atoms with E-state index in [9.17, 15) is 8.42 Å². The third-order valence-corrected chi connectivity index (χ3v) is 6.40. The summed E-state index contributed by atoms with van der Waals surface area (Å²) in [6.07, 6.45) is 5.24. The molecule has 0 saturated heterocycles. The Hall–Kier alpha value is -0.880. The predicted octanol–water partition coefficient (Wildman–Crippen LogP) is 1.60. The van der Waals surface area contributed by atoms with E-state index in [4.69, 9.17) is 0 Å². The van der Waals surface area contributed by atoms with Gasteiger partial charge in [0.2, 0.25) is 10.0 Å². The molecule has 1 aliphatic carbocycles. The summed E-state index contributed by atoms with van der Waals surface area (Å²) in [5, 5.41) is 7.18. The molecule has 1 saturated carbocycles. The summed E-state index contributed by atoms with van der Waals surface area (Å²) < 4.78 is 26.6. The topological polar surface area (TPSA) is 66.1 Å². The summed E-state index contributed by atoms with van der Waals surface area (Å²) in [6.45, 7) is 3.03. The van der Waals surface area contributed by atoms with Crippen LogP contribution in [0.5, 0.6) is 0 Å². The highest BCUT2D eigenvalue weighted by Crippen LogP contribution is 2.29. The van der Waals surface area contributed by atoms with E-state index >= 15 is 0 Å². The van der Waals surface area contributed by atoms with E-state index in [2.05, 4.69) is 10.2 Å². The van der Waals surface area contributed by atoms with Crippen LogP contribution in [-0.4, -0.2) is 35.2 Å². The molecule has 1 aromatic heterocycles. The molecule has 0 spiro atoms.